The van der Waals surface area contributed by atoms with E-state index in [4.69, 9.17) is 0 Å². The predicted molar refractivity (Wildman–Crippen MR) is 66.0 cm³/mol. The maximum absolute atomic E-state index is 3.47. The third-order valence-corrected chi connectivity index (χ3v) is 5.03. The summed E-state index contributed by atoms with van der Waals surface area (Å²) in [6.45, 7) is 2.56. The SMILES string of the molecule is CNC1CCC(C)(C2CCCCCC2)C1. The molecule has 0 aromatic carbocycles. The van der Waals surface area contributed by atoms with Gasteiger partial charge in [0.05, 0.1) is 0 Å². The lowest BCUT2D eigenvalue weighted by Gasteiger charge is -2.34. The molecule has 2 unspecified atom stereocenters. The first kappa shape index (κ1) is 11.4. The van der Waals surface area contributed by atoms with Crippen molar-refractivity contribution in [3.8, 4) is 0 Å². The molecule has 0 radical (unpaired) electrons. The predicted octanol–water partition coefficient (Wildman–Crippen LogP) is 3.74. The standard InChI is InChI=1S/C14H27N/c1-14(10-9-13(11-14)15-2)12-7-5-3-4-6-8-12/h12-13,15H,3-11H2,1-2H3. The van der Waals surface area contributed by atoms with E-state index < -0.39 is 0 Å². The Balaban J connectivity index is 1.95. The third-order valence-electron chi connectivity index (χ3n) is 5.03. The Hall–Kier alpha value is -0.0400. The van der Waals surface area contributed by atoms with Gasteiger partial charge in [0.2, 0.25) is 0 Å². The Morgan fingerprint density at radius 1 is 1.00 bits per heavy atom. The zero-order chi connectivity index (χ0) is 10.7. The molecular formula is C14H27N. The van der Waals surface area contributed by atoms with Gasteiger partial charge in [-0.25, -0.2) is 0 Å². The van der Waals surface area contributed by atoms with Crippen LogP contribution in [0.1, 0.15) is 64.7 Å². The van der Waals surface area contributed by atoms with E-state index in [0.717, 1.165) is 12.0 Å². The number of hydrogen-bond acceptors (Lipinski definition) is 1. The minimum Gasteiger partial charge on any atom is -0.317 e. The van der Waals surface area contributed by atoms with Gasteiger partial charge in [-0.3, -0.25) is 0 Å². The normalized spacial score (nSPS) is 39.2. The lowest BCUT2D eigenvalue weighted by Crippen LogP contribution is -2.28. The Morgan fingerprint density at radius 3 is 2.20 bits per heavy atom. The topological polar surface area (TPSA) is 12.0 Å². The lowest BCUT2D eigenvalue weighted by molar-refractivity contribution is 0.168. The van der Waals surface area contributed by atoms with Crippen LogP contribution in [0.4, 0.5) is 0 Å². The molecule has 2 rings (SSSR count). The van der Waals surface area contributed by atoms with Crippen molar-refractivity contribution in [2.75, 3.05) is 7.05 Å². The number of rotatable bonds is 2. The smallest absolute Gasteiger partial charge is 0.00695 e. The van der Waals surface area contributed by atoms with Gasteiger partial charge >= 0.3 is 0 Å². The van der Waals surface area contributed by atoms with E-state index in [0.29, 0.717) is 5.41 Å². The van der Waals surface area contributed by atoms with Crippen LogP contribution in [-0.4, -0.2) is 13.1 Å². The molecule has 0 heterocycles. The van der Waals surface area contributed by atoms with Gasteiger partial charge in [0.1, 0.15) is 0 Å². The van der Waals surface area contributed by atoms with Crippen LogP contribution < -0.4 is 5.32 Å². The fourth-order valence-corrected chi connectivity index (χ4v) is 3.86. The highest BCUT2D eigenvalue weighted by Gasteiger charge is 2.40. The second kappa shape index (κ2) is 4.86. The highest BCUT2D eigenvalue weighted by atomic mass is 14.9. The molecule has 0 aromatic rings. The van der Waals surface area contributed by atoms with E-state index in [-0.39, 0.29) is 0 Å². The summed E-state index contributed by atoms with van der Waals surface area (Å²) < 4.78 is 0. The van der Waals surface area contributed by atoms with Gasteiger partial charge < -0.3 is 5.32 Å². The van der Waals surface area contributed by atoms with Crippen molar-refractivity contribution in [1.82, 2.24) is 5.32 Å². The number of nitrogens with one attached hydrogen (secondary N) is 1. The van der Waals surface area contributed by atoms with E-state index in [2.05, 4.69) is 19.3 Å². The van der Waals surface area contributed by atoms with E-state index >= 15 is 0 Å². The number of hydrogen-bond donors (Lipinski definition) is 1. The van der Waals surface area contributed by atoms with Crippen molar-refractivity contribution >= 4 is 0 Å². The molecule has 0 bridgehead atoms. The van der Waals surface area contributed by atoms with Crippen LogP contribution in [0.25, 0.3) is 0 Å². The van der Waals surface area contributed by atoms with Gasteiger partial charge in [0.15, 0.2) is 0 Å². The zero-order valence-corrected chi connectivity index (χ0v) is 10.5. The maximum atomic E-state index is 3.47. The molecule has 15 heavy (non-hydrogen) atoms. The fourth-order valence-electron chi connectivity index (χ4n) is 3.86. The molecule has 2 aliphatic rings. The van der Waals surface area contributed by atoms with Crippen LogP contribution in [0.3, 0.4) is 0 Å². The molecule has 1 heteroatoms. The Labute approximate surface area is 95.0 Å². The first-order valence-corrected chi connectivity index (χ1v) is 6.92. The lowest BCUT2D eigenvalue weighted by atomic mass is 9.72. The zero-order valence-electron chi connectivity index (χ0n) is 10.5. The second-order valence-corrected chi connectivity index (χ2v) is 6.07. The molecule has 0 amide bonds. The molecule has 0 aromatic heterocycles. The average Bonchev–Trinajstić information content (AvgIpc) is 2.49. The monoisotopic (exact) mass is 209 g/mol. The molecule has 1 N–H and O–H groups in total. The minimum atomic E-state index is 0.665. The highest BCUT2D eigenvalue weighted by Crippen LogP contribution is 2.48. The summed E-state index contributed by atoms with van der Waals surface area (Å²) in [4.78, 5) is 0. The van der Waals surface area contributed by atoms with Gasteiger partial charge in [-0.1, -0.05) is 32.6 Å². The van der Waals surface area contributed by atoms with Crippen LogP contribution in [0, 0.1) is 11.3 Å². The average molecular weight is 209 g/mol. The molecule has 2 aliphatic carbocycles. The van der Waals surface area contributed by atoms with Crippen LogP contribution in [-0.2, 0) is 0 Å². The van der Waals surface area contributed by atoms with Gasteiger partial charge in [0.25, 0.3) is 0 Å². The minimum absolute atomic E-state index is 0.665. The van der Waals surface area contributed by atoms with Crippen molar-refractivity contribution in [3.63, 3.8) is 0 Å². The molecular weight excluding hydrogens is 182 g/mol. The summed E-state index contributed by atoms with van der Waals surface area (Å²) >= 11 is 0. The summed E-state index contributed by atoms with van der Waals surface area (Å²) in [7, 11) is 2.13. The van der Waals surface area contributed by atoms with Crippen molar-refractivity contribution in [1.29, 1.82) is 0 Å². The first-order valence-electron chi connectivity index (χ1n) is 6.92. The van der Waals surface area contributed by atoms with Crippen molar-refractivity contribution in [2.24, 2.45) is 11.3 Å². The maximum Gasteiger partial charge on any atom is 0.00695 e. The van der Waals surface area contributed by atoms with E-state index in [9.17, 15) is 0 Å². The van der Waals surface area contributed by atoms with Gasteiger partial charge in [0, 0.05) is 6.04 Å². The van der Waals surface area contributed by atoms with E-state index in [1.165, 1.54) is 57.8 Å². The van der Waals surface area contributed by atoms with Crippen molar-refractivity contribution < 1.29 is 0 Å². The highest BCUT2D eigenvalue weighted by molar-refractivity contribution is 4.93. The largest absolute Gasteiger partial charge is 0.317 e. The van der Waals surface area contributed by atoms with Gasteiger partial charge in [-0.15, -0.1) is 0 Å². The van der Waals surface area contributed by atoms with Gasteiger partial charge in [-0.05, 0) is 50.5 Å². The van der Waals surface area contributed by atoms with E-state index in [1.807, 2.05) is 0 Å². The summed E-state index contributed by atoms with van der Waals surface area (Å²) in [5.41, 5.74) is 0.665. The quantitative estimate of drug-likeness (QED) is 0.683. The molecule has 88 valence electrons. The van der Waals surface area contributed by atoms with Crippen molar-refractivity contribution in [3.05, 3.63) is 0 Å². The second-order valence-electron chi connectivity index (χ2n) is 6.07. The van der Waals surface area contributed by atoms with Crippen LogP contribution >= 0.6 is 0 Å². The molecule has 0 aliphatic heterocycles. The van der Waals surface area contributed by atoms with Crippen LogP contribution in [0.2, 0.25) is 0 Å². The molecule has 2 atom stereocenters. The Kier molecular flexibility index (Phi) is 3.71. The molecule has 2 fully saturated rings. The third kappa shape index (κ3) is 2.55. The summed E-state index contributed by atoms with van der Waals surface area (Å²) in [6.07, 6.45) is 13.3. The van der Waals surface area contributed by atoms with Gasteiger partial charge in [-0.2, -0.15) is 0 Å². The Bertz CT molecular complexity index is 194. The van der Waals surface area contributed by atoms with E-state index in [1.54, 1.807) is 0 Å². The first-order chi connectivity index (χ1) is 7.24. The molecule has 2 saturated carbocycles. The molecule has 0 spiro atoms. The molecule has 1 nitrogen and oxygen atoms in total. The summed E-state index contributed by atoms with van der Waals surface area (Å²) in [5.74, 6) is 1.03. The van der Waals surface area contributed by atoms with Crippen molar-refractivity contribution in [2.45, 2.75) is 70.8 Å². The summed E-state index contributed by atoms with van der Waals surface area (Å²) in [5, 5.41) is 3.47. The molecule has 0 saturated heterocycles. The van der Waals surface area contributed by atoms with Crippen LogP contribution in [0.15, 0.2) is 0 Å². The fraction of sp³-hybridized carbons (Fsp3) is 1.00. The Morgan fingerprint density at radius 2 is 1.67 bits per heavy atom. The van der Waals surface area contributed by atoms with Crippen LogP contribution in [0.5, 0.6) is 0 Å². The summed E-state index contributed by atoms with van der Waals surface area (Å²) in [6, 6.07) is 0.804.